The molecule has 12 heteroatoms. The second kappa shape index (κ2) is 11.1. The molecule has 3 N–H and O–H groups in total. The van der Waals surface area contributed by atoms with E-state index in [1.54, 1.807) is 48.5 Å². The average molecular weight is 571 g/mol. The molecule has 0 bridgehead atoms. The van der Waals surface area contributed by atoms with Crippen LogP contribution in [0.25, 0.3) is 16.5 Å². The largest absolute Gasteiger partial charge is 0.495 e. The first-order valence-corrected chi connectivity index (χ1v) is 13.9. The topological polar surface area (TPSA) is 148 Å². The van der Waals surface area contributed by atoms with Crippen molar-refractivity contribution in [3.63, 3.8) is 0 Å². The number of methoxy groups -OCH3 is 1. The third kappa shape index (κ3) is 5.58. The van der Waals surface area contributed by atoms with Gasteiger partial charge in [0.15, 0.2) is 0 Å². The van der Waals surface area contributed by atoms with Gasteiger partial charge in [-0.1, -0.05) is 36.4 Å². The van der Waals surface area contributed by atoms with Crippen molar-refractivity contribution in [1.29, 1.82) is 0 Å². The van der Waals surface area contributed by atoms with Gasteiger partial charge in [-0.2, -0.15) is 5.10 Å². The fourth-order valence-corrected chi connectivity index (χ4v) is 5.49. The Labute approximate surface area is 235 Å². The van der Waals surface area contributed by atoms with Crippen LogP contribution in [0.3, 0.4) is 0 Å². The van der Waals surface area contributed by atoms with E-state index in [2.05, 4.69) is 25.2 Å². The highest BCUT2D eigenvalue weighted by atomic mass is 32.2. The Bertz CT molecular complexity index is 1950. The van der Waals surface area contributed by atoms with E-state index in [9.17, 15) is 18.3 Å². The molecule has 41 heavy (non-hydrogen) atoms. The predicted molar refractivity (Wildman–Crippen MR) is 158 cm³/mol. The van der Waals surface area contributed by atoms with Crippen LogP contribution in [0.2, 0.25) is 0 Å². The summed E-state index contributed by atoms with van der Waals surface area (Å²) < 4.78 is 35.3. The number of hydrazone groups is 1. The molecule has 0 amide bonds. The summed E-state index contributed by atoms with van der Waals surface area (Å²) in [5.41, 5.74) is 4.36. The molecule has 0 aliphatic heterocycles. The number of fused-ring (bicyclic) bond motifs is 1. The van der Waals surface area contributed by atoms with Crippen LogP contribution < -0.4 is 20.4 Å². The molecule has 2 aromatic heterocycles. The maximum atomic E-state index is 13.5. The molecule has 2 heterocycles. The molecule has 0 saturated carbocycles. The Morgan fingerprint density at radius 1 is 0.927 bits per heavy atom. The highest BCUT2D eigenvalue weighted by molar-refractivity contribution is 7.92. The Kier molecular flexibility index (Phi) is 7.40. The first kappa shape index (κ1) is 27.3. The minimum atomic E-state index is -4.08. The maximum Gasteiger partial charge on any atom is 0.265 e. The van der Waals surface area contributed by atoms with Crippen molar-refractivity contribution in [2.45, 2.75) is 18.7 Å². The first-order chi connectivity index (χ1) is 19.7. The monoisotopic (exact) mass is 570 g/mol. The molecule has 0 spiro atoms. The SMILES string of the molecule is COc1ccccc1NS(=O)(=O)c1cccc(-n2c(O)c(C=NNc3nc(C)cc(C)n3)c3ccccc3c2=O)c1. The number of sulfonamides is 1. The molecule has 0 aliphatic rings. The first-order valence-electron chi connectivity index (χ1n) is 12.4. The van der Waals surface area contributed by atoms with Gasteiger partial charge in [0.1, 0.15) is 5.75 Å². The van der Waals surface area contributed by atoms with E-state index in [0.29, 0.717) is 16.5 Å². The minimum Gasteiger partial charge on any atom is -0.495 e. The quantitative estimate of drug-likeness (QED) is 0.184. The van der Waals surface area contributed by atoms with Gasteiger partial charge in [-0.3, -0.25) is 9.52 Å². The summed E-state index contributed by atoms with van der Waals surface area (Å²) in [5.74, 6) is 0.198. The van der Waals surface area contributed by atoms with Gasteiger partial charge in [0.25, 0.3) is 15.6 Å². The minimum absolute atomic E-state index is 0.121. The second-order valence-corrected chi connectivity index (χ2v) is 10.8. The van der Waals surface area contributed by atoms with Crippen molar-refractivity contribution in [3.8, 4) is 17.3 Å². The van der Waals surface area contributed by atoms with Gasteiger partial charge in [0.05, 0.1) is 35.2 Å². The number of hydrogen-bond donors (Lipinski definition) is 3. The zero-order valence-corrected chi connectivity index (χ0v) is 23.2. The number of benzene rings is 3. The fraction of sp³-hybridized carbons (Fsp3) is 0.103. The van der Waals surface area contributed by atoms with Gasteiger partial charge in [-0.15, -0.1) is 0 Å². The van der Waals surface area contributed by atoms with E-state index in [-0.39, 0.29) is 27.8 Å². The van der Waals surface area contributed by atoms with E-state index in [1.165, 1.54) is 37.6 Å². The smallest absolute Gasteiger partial charge is 0.265 e. The van der Waals surface area contributed by atoms with Crippen LogP contribution in [0.1, 0.15) is 17.0 Å². The van der Waals surface area contributed by atoms with Crippen LogP contribution >= 0.6 is 0 Å². The normalized spacial score (nSPS) is 11.6. The van der Waals surface area contributed by atoms with Crippen LogP contribution in [0.5, 0.6) is 11.6 Å². The Hall–Kier alpha value is -5.23. The third-order valence-corrected chi connectivity index (χ3v) is 7.54. The highest BCUT2D eigenvalue weighted by Gasteiger charge is 2.20. The molecule has 0 fully saturated rings. The molecule has 3 aromatic carbocycles. The summed E-state index contributed by atoms with van der Waals surface area (Å²) >= 11 is 0. The van der Waals surface area contributed by atoms with Crippen LogP contribution in [0.15, 0.2) is 93.7 Å². The number of nitrogens with zero attached hydrogens (tertiary/aromatic N) is 4. The Balaban J connectivity index is 1.58. The van der Waals surface area contributed by atoms with E-state index in [4.69, 9.17) is 4.74 Å². The lowest BCUT2D eigenvalue weighted by Crippen LogP contribution is -2.21. The molecule has 208 valence electrons. The van der Waals surface area contributed by atoms with Gasteiger partial charge in [0, 0.05) is 22.2 Å². The summed E-state index contributed by atoms with van der Waals surface area (Å²) in [6, 6.07) is 20.9. The number of ether oxygens (including phenoxy) is 1. The van der Waals surface area contributed by atoms with Gasteiger partial charge in [-0.25, -0.2) is 28.4 Å². The zero-order chi connectivity index (χ0) is 29.1. The maximum absolute atomic E-state index is 13.5. The van der Waals surface area contributed by atoms with Crippen LogP contribution in [-0.4, -0.2) is 41.4 Å². The number of pyridine rings is 1. The van der Waals surface area contributed by atoms with Crippen molar-refractivity contribution < 1.29 is 18.3 Å². The number of aromatic hydroxyl groups is 1. The number of aromatic nitrogens is 3. The molecule has 0 atom stereocenters. The lowest BCUT2D eigenvalue weighted by molar-refractivity contribution is 0.417. The van der Waals surface area contributed by atoms with Crippen molar-refractivity contribution in [2.24, 2.45) is 5.10 Å². The highest BCUT2D eigenvalue weighted by Crippen LogP contribution is 2.29. The van der Waals surface area contributed by atoms with E-state index in [1.807, 2.05) is 19.9 Å². The lowest BCUT2D eigenvalue weighted by Gasteiger charge is -2.15. The van der Waals surface area contributed by atoms with Crippen molar-refractivity contribution in [3.05, 3.63) is 106 Å². The predicted octanol–water partition coefficient (Wildman–Crippen LogP) is 4.36. The Morgan fingerprint density at radius 3 is 2.34 bits per heavy atom. The van der Waals surface area contributed by atoms with Crippen molar-refractivity contribution in [1.82, 2.24) is 14.5 Å². The number of hydrogen-bond acceptors (Lipinski definition) is 9. The van der Waals surface area contributed by atoms with Crippen LogP contribution in [0, 0.1) is 13.8 Å². The summed E-state index contributed by atoms with van der Waals surface area (Å²) in [6.45, 7) is 3.66. The molecule has 5 rings (SSSR count). The number of aryl methyl sites for hydroxylation is 2. The fourth-order valence-electron chi connectivity index (χ4n) is 4.38. The molecule has 0 aliphatic carbocycles. The summed E-state index contributed by atoms with van der Waals surface area (Å²) in [6.07, 6.45) is 1.36. The third-order valence-electron chi connectivity index (χ3n) is 6.18. The number of nitrogens with one attached hydrogen (secondary N) is 2. The van der Waals surface area contributed by atoms with Gasteiger partial charge >= 0.3 is 0 Å². The van der Waals surface area contributed by atoms with E-state index in [0.717, 1.165) is 16.0 Å². The van der Waals surface area contributed by atoms with Gasteiger partial charge < -0.3 is 9.84 Å². The number of rotatable bonds is 8. The van der Waals surface area contributed by atoms with Crippen LogP contribution in [-0.2, 0) is 10.0 Å². The molecule has 0 saturated heterocycles. The summed E-state index contributed by atoms with van der Waals surface area (Å²) in [7, 11) is -2.65. The number of para-hydroxylation sites is 2. The molecule has 11 nitrogen and oxygen atoms in total. The zero-order valence-electron chi connectivity index (χ0n) is 22.4. The molecule has 0 radical (unpaired) electrons. The van der Waals surface area contributed by atoms with E-state index >= 15 is 0 Å². The van der Waals surface area contributed by atoms with Gasteiger partial charge in [0.2, 0.25) is 11.8 Å². The van der Waals surface area contributed by atoms with Crippen molar-refractivity contribution >= 4 is 38.6 Å². The second-order valence-electron chi connectivity index (χ2n) is 9.07. The summed E-state index contributed by atoms with van der Waals surface area (Å²) in [5, 5.41) is 16.3. The lowest BCUT2D eigenvalue weighted by atomic mass is 10.1. The Morgan fingerprint density at radius 2 is 1.61 bits per heavy atom. The standard InChI is InChI=1S/C29H26N6O5S/c1-18-15-19(2)32-29(31-18)33-30-17-24-22-11-4-5-12-23(22)27(36)35(28(24)37)20-9-8-10-21(16-20)41(38,39)34-25-13-6-7-14-26(25)40-3/h4-17,34,37H,1-3H3,(H,31,32,33). The van der Waals surface area contributed by atoms with Gasteiger partial charge in [-0.05, 0) is 56.3 Å². The molecule has 0 unspecified atom stereocenters. The van der Waals surface area contributed by atoms with E-state index < -0.39 is 21.5 Å². The molecular weight excluding hydrogens is 544 g/mol. The molecular formula is C29H26N6O5S. The summed E-state index contributed by atoms with van der Waals surface area (Å²) in [4.78, 5) is 22.0. The van der Waals surface area contributed by atoms with Crippen molar-refractivity contribution in [2.75, 3.05) is 17.3 Å². The number of anilines is 2. The van der Waals surface area contributed by atoms with Crippen LogP contribution in [0.4, 0.5) is 11.6 Å². The average Bonchev–Trinajstić information content (AvgIpc) is 2.95. The molecule has 5 aromatic rings.